The van der Waals surface area contributed by atoms with Crippen molar-refractivity contribution in [3.63, 3.8) is 0 Å². The van der Waals surface area contributed by atoms with Crippen molar-refractivity contribution in [3.05, 3.63) is 70.5 Å². The molecule has 41 heavy (non-hydrogen) atoms. The van der Waals surface area contributed by atoms with Crippen LogP contribution in [0.5, 0.6) is 0 Å². The number of aromatic nitrogens is 2. The van der Waals surface area contributed by atoms with Crippen LogP contribution in [0.3, 0.4) is 0 Å². The molecule has 5 rings (SSSR count). The molecule has 1 N–H and O–H groups in total. The molecule has 2 aromatic carbocycles. The number of nitrogens with zero attached hydrogens (tertiary/aromatic N) is 2. The Labute approximate surface area is 241 Å². The Kier molecular flexibility index (Phi) is 7.89. The molecule has 1 aliphatic carbocycles. The van der Waals surface area contributed by atoms with Gasteiger partial charge in [-0.3, -0.25) is 13.6 Å². The third-order valence-electron chi connectivity index (χ3n) is 7.26. The van der Waals surface area contributed by atoms with Gasteiger partial charge in [0.05, 0.1) is 29.5 Å². The number of furan rings is 1. The van der Waals surface area contributed by atoms with Gasteiger partial charge in [0.1, 0.15) is 16.7 Å². The summed E-state index contributed by atoms with van der Waals surface area (Å²) >= 11 is 0. The molecule has 1 fully saturated rings. The van der Waals surface area contributed by atoms with Gasteiger partial charge < -0.3 is 19.2 Å². The van der Waals surface area contributed by atoms with E-state index in [1.165, 1.54) is 10.8 Å². The van der Waals surface area contributed by atoms with Crippen LogP contribution < -0.4 is 10.9 Å². The minimum Gasteiger partial charge on any atom is -0.444 e. The molecular formula is C31H35N3O6S. The van der Waals surface area contributed by atoms with E-state index in [0.29, 0.717) is 16.7 Å². The molecule has 2 heterocycles. The van der Waals surface area contributed by atoms with Gasteiger partial charge in [0.25, 0.3) is 5.56 Å². The molecule has 1 aliphatic rings. The molecular weight excluding hydrogens is 542 g/mol. The van der Waals surface area contributed by atoms with E-state index in [1.54, 1.807) is 7.11 Å². The minimum atomic E-state index is -1.52. The summed E-state index contributed by atoms with van der Waals surface area (Å²) in [5, 5.41) is 3.55. The highest BCUT2D eigenvalue weighted by molar-refractivity contribution is 7.84. The summed E-state index contributed by atoms with van der Waals surface area (Å²) < 4.78 is 30.9. The molecule has 1 unspecified atom stereocenters. The van der Waals surface area contributed by atoms with Gasteiger partial charge in [-0.15, -0.1) is 0 Å². The SMILES string of the molecule is COCCn1c(S(C)=O)nc2oc(-c3ccc(C4(NC(=O)OC(C)(C)C)CCC4)cc3)c(-c3ccccc3)c2c1=O. The molecule has 4 aromatic rings. The first-order chi connectivity index (χ1) is 19.5. The summed E-state index contributed by atoms with van der Waals surface area (Å²) in [6.45, 7) is 6.00. The second-order valence-electron chi connectivity index (χ2n) is 11.3. The molecule has 216 valence electrons. The zero-order chi connectivity index (χ0) is 29.4. The quantitative estimate of drug-likeness (QED) is 0.271. The molecule has 9 nitrogen and oxygen atoms in total. The minimum absolute atomic E-state index is 0.133. The van der Waals surface area contributed by atoms with Gasteiger partial charge in [0.15, 0.2) is 0 Å². The van der Waals surface area contributed by atoms with Crippen LogP contribution in [0.4, 0.5) is 4.79 Å². The van der Waals surface area contributed by atoms with E-state index in [9.17, 15) is 13.8 Å². The number of fused-ring (bicyclic) bond motifs is 1. The first kappa shape index (κ1) is 28.8. The molecule has 0 bridgehead atoms. The zero-order valence-electron chi connectivity index (χ0n) is 24.0. The Morgan fingerprint density at radius 2 is 1.78 bits per heavy atom. The average molecular weight is 578 g/mol. The van der Waals surface area contributed by atoms with Crippen molar-refractivity contribution < 1.29 is 22.9 Å². The lowest BCUT2D eigenvalue weighted by Crippen LogP contribution is -2.52. The Hall–Kier alpha value is -3.76. The molecule has 1 saturated carbocycles. The molecule has 0 spiro atoms. The van der Waals surface area contributed by atoms with E-state index in [0.717, 1.165) is 36.0 Å². The number of benzene rings is 2. The summed E-state index contributed by atoms with van der Waals surface area (Å²) in [4.78, 5) is 31.0. The first-order valence-electron chi connectivity index (χ1n) is 13.6. The van der Waals surface area contributed by atoms with Gasteiger partial charge in [-0.25, -0.2) is 4.79 Å². The molecule has 0 saturated heterocycles. The van der Waals surface area contributed by atoms with E-state index >= 15 is 0 Å². The van der Waals surface area contributed by atoms with Gasteiger partial charge in [0.2, 0.25) is 10.9 Å². The second-order valence-corrected chi connectivity index (χ2v) is 12.6. The third-order valence-corrected chi connectivity index (χ3v) is 8.09. The molecule has 1 amide bonds. The number of nitrogens with one attached hydrogen (secondary N) is 1. The maximum atomic E-state index is 13.9. The number of alkyl carbamates (subject to hydrolysis) is 1. The van der Waals surface area contributed by atoms with Crippen molar-refractivity contribution in [1.29, 1.82) is 0 Å². The van der Waals surface area contributed by atoms with Crippen LogP contribution in [-0.2, 0) is 32.4 Å². The monoisotopic (exact) mass is 577 g/mol. The fourth-order valence-electron chi connectivity index (χ4n) is 5.20. The maximum Gasteiger partial charge on any atom is 0.408 e. The Bertz CT molecular complexity index is 1650. The fraction of sp³-hybridized carbons (Fsp3) is 0.387. The number of methoxy groups -OCH3 is 1. The largest absolute Gasteiger partial charge is 0.444 e. The Morgan fingerprint density at radius 1 is 1.10 bits per heavy atom. The lowest BCUT2D eigenvalue weighted by atomic mass is 9.71. The topological polar surface area (TPSA) is 113 Å². The number of carbonyl (C=O) groups is 1. The van der Waals surface area contributed by atoms with Crippen molar-refractivity contribution in [2.75, 3.05) is 20.0 Å². The number of rotatable bonds is 8. The Balaban J connectivity index is 1.62. The van der Waals surface area contributed by atoms with E-state index in [-0.39, 0.29) is 29.6 Å². The molecule has 2 aromatic heterocycles. The Morgan fingerprint density at radius 3 is 2.34 bits per heavy atom. The summed E-state index contributed by atoms with van der Waals surface area (Å²) in [5.74, 6) is 0.488. The first-order valence-corrected chi connectivity index (χ1v) is 15.2. The van der Waals surface area contributed by atoms with Crippen LogP contribution in [0.2, 0.25) is 0 Å². The predicted molar refractivity (Wildman–Crippen MR) is 158 cm³/mol. The van der Waals surface area contributed by atoms with Crippen molar-refractivity contribution in [2.45, 2.75) is 62.9 Å². The third kappa shape index (κ3) is 5.71. The van der Waals surface area contributed by atoms with E-state index in [2.05, 4.69) is 10.3 Å². The average Bonchev–Trinajstić information content (AvgIpc) is 3.29. The summed E-state index contributed by atoms with van der Waals surface area (Å²) in [6.07, 6.45) is 3.67. The number of ether oxygens (including phenoxy) is 2. The van der Waals surface area contributed by atoms with Crippen LogP contribution in [0.1, 0.15) is 45.6 Å². The second kappa shape index (κ2) is 11.3. The van der Waals surface area contributed by atoms with Crippen molar-refractivity contribution >= 4 is 28.0 Å². The van der Waals surface area contributed by atoms with E-state index < -0.39 is 28.0 Å². The summed E-state index contributed by atoms with van der Waals surface area (Å²) in [5.41, 5.74) is 1.86. The lowest BCUT2D eigenvalue weighted by molar-refractivity contribution is 0.0377. The van der Waals surface area contributed by atoms with Gasteiger partial charge in [0, 0.05) is 24.5 Å². The van der Waals surface area contributed by atoms with Crippen molar-refractivity contribution in [2.24, 2.45) is 0 Å². The standard InChI is InChI=1S/C31H35N3O6S/c1-30(2,3)40-29(36)33-31(16-9-17-31)22-14-12-21(13-15-22)25-23(20-10-7-6-8-11-20)24-26(39-25)32-28(41(5)37)34(27(24)35)18-19-38-4/h6-8,10-15H,9,16-19H2,1-5H3,(H,33,36). The van der Waals surface area contributed by atoms with Crippen LogP contribution in [-0.4, -0.2) is 45.4 Å². The number of carbonyl (C=O) groups excluding carboxylic acids is 1. The molecule has 0 radical (unpaired) electrons. The van der Waals surface area contributed by atoms with Crippen LogP contribution in [0.15, 0.2) is 69.0 Å². The van der Waals surface area contributed by atoms with Gasteiger partial charge in [-0.1, -0.05) is 54.6 Å². The number of hydrogen-bond donors (Lipinski definition) is 1. The van der Waals surface area contributed by atoms with Crippen LogP contribution in [0.25, 0.3) is 33.6 Å². The summed E-state index contributed by atoms with van der Waals surface area (Å²) in [6, 6.07) is 17.4. The highest BCUT2D eigenvalue weighted by atomic mass is 32.2. The van der Waals surface area contributed by atoms with Gasteiger partial charge in [-0.05, 0) is 51.2 Å². The highest BCUT2D eigenvalue weighted by Gasteiger charge is 2.41. The highest BCUT2D eigenvalue weighted by Crippen LogP contribution is 2.43. The van der Waals surface area contributed by atoms with Crippen LogP contribution in [0, 0.1) is 0 Å². The molecule has 10 heteroatoms. The van der Waals surface area contributed by atoms with Crippen molar-refractivity contribution in [1.82, 2.24) is 14.9 Å². The fourth-order valence-corrected chi connectivity index (χ4v) is 5.90. The van der Waals surface area contributed by atoms with Gasteiger partial charge >= 0.3 is 6.09 Å². The molecule has 1 atom stereocenters. The number of amides is 1. The van der Waals surface area contributed by atoms with Crippen molar-refractivity contribution in [3.8, 4) is 22.5 Å². The maximum absolute atomic E-state index is 13.9. The molecule has 0 aliphatic heterocycles. The van der Waals surface area contributed by atoms with Gasteiger partial charge in [-0.2, -0.15) is 4.98 Å². The summed E-state index contributed by atoms with van der Waals surface area (Å²) in [7, 11) is 0.0224. The van der Waals surface area contributed by atoms with Crippen LogP contribution >= 0.6 is 0 Å². The number of hydrogen-bond acceptors (Lipinski definition) is 7. The normalized spacial score (nSPS) is 15.3. The van der Waals surface area contributed by atoms with E-state index in [1.807, 2.05) is 75.4 Å². The predicted octanol–water partition coefficient (Wildman–Crippen LogP) is 5.61. The lowest BCUT2D eigenvalue weighted by Gasteiger charge is -2.43. The zero-order valence-corrected chi connectivity index (χ0v) is 24.8. The van der Waals surface area contributed by atoms with E-state index in [4.69, 9.17) is 13.9 Å². The smallest absolute Gasteiger partial charge is 0.408 e.